The third-order valence-corrected chi connectivity index (χ3v) is 2.41. The topological polar surface area (TPSA) is 43.8 Å². The lowest BCUT2D eigenvalue weighted by atomic mass is 10.3. The summed E-state index contributed by atoms with van der Waals surface area (Å²) in [6.07, 6.45) is -4.50. The second-order valence-corrected chi connectivity index (χ2v) is 3.46. The third kappa shape index (κ3) is 2.08. The van der Waals surface area contributed by atoms with Crippen LogP contribution in [0.5, 0.6) is 0 Å². The van der Waals surface area contributed by atoms with Crippen LogP contribution in [0, 0.1) is 0 Å². The summed E-state index contributed by atoms with van der Waals surface area (Å²) in [4.78, 5) is 0. The van der Waals surface area contributed by atoms with Crippen LogP contribution >= 0.6 is 34.5 Å². The zero-order valence-electron chi connectivity index (χ0n) is 6.07. The fourth-order valence-electron chi connectivity index (χ4n) is 0.777. The zero-order chi connectivity index (χ0) is 10.2. The highest BCUT2D eigenvalue weighted by Crippen LogP contribution is 2.37. The highest BCUT2D eigenvalue weighted by Gasteiger charge is 2.39. The number of rotatable bonds is 1. The zero-order valence-corrected chi connectivity index (χ0v) is 8.98. The molecule has 0 saturated carbocycles. The summed E-state index contributed by atoms with van der Waals surface area (Å²) in [5.41, 5.74) is 4.21. The first kappa shape index (κ1) is 11.1. The molecule has 0 aliphatic carbocycles. The summed E-state index contributed by atoms with van der Waals surface area (Å²) in [5, 5.41) is 3.10. The van der Waals surface area contributed by atoms with Crippen molar-refractivity contribution in [2.75, 3.05) is 0 Å². The van der Waals surface area contributed by atoms with E-state index in [1.807, 2.05) is 0 Å². The standard InChI is InChI=1S/C5H4ClF3IN3/c6-3-2(1-11)12-13(10)4(3)5(7,8)9/h1,11H2. The molecule has 8 heteroatoms. The van der Waals surface area contributed by atoms with Gasteiger partial charge < -0.3 is 5.73 Å². The predicted octanol–water partition coefficient (Wildman–Crippen LogP) is 2.21. The number of nitrogens with zero attached hydrogens (tertiary/aromatic N) is 2. The number of halogens is 5. The van der Waals surface area contributed by atoms with Crippen molar-refractivity contribution in [1.82, 2.24) is 7.99 Å². The molecule has 13 heavy (non-hydrogen) atoms. The molecule has 3 nitrogen and oxygen atoms in total. The number of nitrogens with two attached hydrogens (primary N) is 1. The molecule has 0 unspecified atom stereocenters. The highest BCUT2D eigenvalue weighted by atomic mass is 127. The van der Waals surface area contributed by atoms with Crippen LogP contribution < -0.4 is 5.73 Å². The Hall–Kier alpha value is -0.0200. The molecule has 1 aromatic rings. The van der Waals surface area contributed by atoms with Gasteiger partial charge in [0, 0.05) is 6.54 Å². The van der Waals surface area contributed by atoms with Crippen LogP contribution in [0.25, 0.3) is 0 Å². The van der Waals surface area contributed by atoms with E-state index in [4.69, 9.17) is 17.3 Å². The van der Waals surface area contributed by atoms with Crippen molar-refractivity contribution in [3.63, 3.8) is 0 Å². The fourth-order valence-corrected chi connectivity index (χ4v) is 2.00. The number of aromatic nitrogens is 2. The summed E-state index contributed by atoms with van der Waals surface area (Å²) in [6.45, 7) is -0.113. The summed E-state index contributed by atoms with van der Waals surface area (Å²) in [7, 11) is 0. The van der Waals surface area contributed by atoms with E-state index in [-0.39, 0.29) is 12.2 Å². The van der Waals surface area contributed by atoms with Crippen LogP contribution in [-0.2, 0) is 12.7 Å². The minimum atomic E-state index is -4.50. The van der Waals surface area contributed by atoms with Gasteiger partial charge in [0.15, 0.2) is 5.69 Å². The Morgan fingerprint density at radius 3 is 2.31 bits per heavy atom. The summed E-state index contributed by atoms with van der Waals surface area (Å²) in [5.74, 6) is 0. The average Bonchev–Trinajstić information content (AvgIpc) is 2.24. The number of alkyl halides is 3. The van der Waals surface area contributed by atoms with Crippen LogP contribution in [-0.4, -0.2) is 7.99 Å². The first-order chi connectivity index (χ1) is 5.88. The van der Waals surface area contributed by atoms with Gasteiger partial charge in [0.1, 0.15) is 0 Å². The quantitative estimate of drug-likeness (QED) is 0.805. The molecule has 1 aromatic heterocycles. The molecule has 0 aromatic carbocycles. The van der Waals surface area contributed by atoms with Gasteiger partial charge in [-0.1, -0.05) is 11.6 Å². The van der Waals surface area contributed by atoms with Gasteiger partial charge in [0.2, 0.25) is 0 Å². The van der Waals surface area contributed by atoms with Crippen LogP contribution in [0.4, 0.5) is 13.2 Å². The first-order valence-electron chi connectivity index (χ1n) is 3.08. The Labute approximate surface area is 90.5 Å². The SMILES string of the molecule is NCc1nn(I)c(C(F)(F)F)c1Cl. The molecule has 0 saturated heterocycles. The van der Waals surface area contributed by atoms with Gasteiger partial charge in [-0.05, 0) is 0 Å². The van der Waals surface area contributed by atoms with Gasteiger partial charge >= 0.3 is 6.18 Å². The van der Waals surface area contributed by atoms with Gasteiger partial charge in [0.05, 0.1) is 33.6 Å². The van der Waals surface area contributed by atoms with Gasteiger partial charge in [0.25, 0.3) is 0 Å². The summed E-state index contributed by atoms with van der Waals surface area (Å²) < 4.78 is 37.5. The molecule has 0 bridgehead atoms. The predicted molar refractivity (Wildman–Crippen MR) is 49.5 cm³/mol. The van der Waals surface area contributed by atoms with Crippen molar-refractivity contribution >= 4 is 34.5 Å². The lowest BCUT2D eigenvalue weighted by molar-refractivity contribution is -0.141. The maximum atomic E-state index is 12.3. The van der Waals surface area contributed by atoms with Crippen molar-refractivity contribution in [2.24, 2.45) is 5.73 Å². The molecule has 0 aliphatic heterocycles. The van der Waals surface area contributed by atoms with Crippen molar-refractivity contribution < 1.29 is 13.2 Å². The van der Waals surface area contributed by atoms with Crippen LogP contribution in [0.1, 0.15) is 11.4 Å². The van der Waals surface area contributed by atoms with E-state index in [9.17, 15) is 13.2 Å². The Morgan fingerprint density at radius 1 is 1.54 bits per heavy atom. The Balaban J connectivity index is 3.29. The maximum Gasteiger partial charge on any atom is 0.435 e. The molecular formula is C5H4ClF3IN3. The molecule has 1 rings (SSSR count). The van der Waals surface area contributed by atoms with E-state index >= 15 is 0 Å². The smallest absolute Gasteiger partial charge is 0.325 e. The van der Waals surface area contributed by atoms with E-state index in [0.717, 1.165) is 0 Å². The molecule has 0 fully saturated rings. The van der Waals surface area contributed by atoms with E-state index in [0.29, 0.717) is 2.90 Å². The minimum absolute atomic E-state index is 0.0448. The molecule has 0 aliphatic rings. The molecule has 74 valence electrons. The highest BCUT2D eigenvalue weighted by molar-refractivity contribution is 14.1. The molecule has 0 radical (unpaired) electrons. The van der Waals surface area contributed by atoms with Gasteiger partial charge in [-0.15, -0.1) is 0 Å². The molecule has 0 spiro atoms. The van der Waals surface area contributed by atoms with Gasteiger partial charge in [-0.3, -0.25) is 0 Å². The Morgan fingerprint density at radius 2 is 2.08 bits per heavy atom. The lowest BCUT2D eigenvalue weighted by Crippen LogP contribution is -2.09. The van der Waals surface area contributed by atoms with E-state index in [1.165, 1.54) is 22.9 Å². The van der Waals surface area contributed by atoms with Crippen molar-refractivity contribution in [1.29, 1.82) is 0 Å². The second kappa shape index (κ2) is 3.62. The molecule has 0 atom stereocenters. The van der Waals surface area contributed by atoms with E-state index in [1.54, 1.807) is 0 Å². The van der Waals surface area contributed by atoms with E-state index < -0.39 is 16.9 Å². The van der Waals surface area contributed by atoms with Gasteiger partial charge in [-0.2, -0.15) is 21.2 Å². The first-order valence-corrected chi connectivity index (χ1v) is 4.43. The summed E-state index contributed by atoms with van der Waals surface area (Å²) in [6, 6.07) is 0. The van der Waals surface area contributed by atoms with E-state index in [2.05, 4.69) is 5.10 Å². The van der Waals surface area contributed by atoms with Crippen molar-refractivity contribution in [2.45, 2.75) is 12.7 Å². The largest absolute Gasteiger partial charge is 0.435 e. The van der Waals surface area contributed by atoms with Crippen LogP contribution in [0.2, 0.25) is 5.02 Å². The minimum Gasteiger partial charge on any atom is -0.325 e. The van der Waals surface area contributed by atoms with Crippen molar-refractivity contribution in [3.05, 3.63) is 16.4 Å². The number of hydrogen-bond acceptors (Lipinski definition) is 2. The lowest BCUT2D eigenvalue weighted by Gasteiger charge is -2.04. The number of hydrogen-bond donors (Lipinski definition) is 1. The Kier molecular flexibility index (Phi) is 3.08. The van der Waals surface area contributed by atoms with Crippen LogP contribution in [0.3, 0.4) is 0 Å². The third-order valence-electron chi connectivity index (χ3n) is 1.32. The molecule has 0 amide bonds. The molecular weight excluding hydrogens is 321 g/mol. The van der Waals surface area contributed by atoms with Crippen molar-refractivity contribution in [3.8, 4) is 0 Å². The fraction of sp³-hybridized carbons (Fsp3) is 0.400. The molecule has 1 heterocycles. The summed E-state index contributed by atoms with van der Waals surface area (Å²) >= 11 is 6.83. The monoisotopic (exact) mass is 325 g/mol. The Bertz CT molecular complexity index is 322. The molecule has 2 N–H and O–H groups in total. The normalized spacial score (nSPS) is 12.2. The van der Waals surface area contributed by atoms with Crippen LogP contribution in [0.15, 0.2) is 0 Å². The van der Waals surface area contributed by atoms with Gasteiger partial charge in [-0.25, -0.2) is 0 Å². The average molecular weight is 325 g/mol. The second-order valence-electron chi connectivity index (χ2n) is 2.17. The maximum absolute atomic E-state index is 12.3.